The van der Waals surface area contributed by atoms with E-state index in [9.17, 15) is 9.00 Å². The Kier molecular flexibility index (Phi) is 10.4. The van der Waals surface area contributed by atoms with Gasteiger partial charge in [0, 0.05) is 43.0 Å². The standard InChI is InChI=1S/C28H34N6O4S/c1-37-17-18-38-24-12-10-21(11-13-24)32-28-29-20-25(39(2)36)27(33-28)31-23-8-5-7-22(19-23)30-26(35)9-6-16-34-14-3-4-15-34/h5-13,19-20H,3-4,14-18H2,1-2H3,(H,30,35)(H2,29,31,32,33)/b9-6+. The lowest BCUT2D eigenvalue weighted by molar-refractivity contribution is -0.111. The molecule has 3 aromatic rings. The highest BCUT2D eigenvalue weighted by molar-refractivity contribution is 7.84. The van der Waals surface area contributed by atoms with Crippen LogP contribution in [0.25, 0.3) is 0 Å². The van der Waals surface area contributed by atoms with Crippen LogP contribution in [0.5, 0.6) is 5.75 Å². The molecule has 10 nitrogen and oxygen atoms in total. The summed E-state index contributed by atoms with van der Waals surface area (Å²) in [5.74, 6) is 1.28. The fraction of sp³-hybridized carbons (Fsp3) is 0.321. The predicted octanol–water partition coefficient (Wildman–Crippen LogP) is 4.32. The van der Waals surface area contributed by atoms with Crippen LogP contribution in [0.3, 0.4) is 0 Å². The highest BCUT2D eigenvalue weighted by Gasteiger charge is 2.13. The molecule has 1 unspecified atom stereocenters. The Morgan fingerprint density at radius 3 is 2.56 bits per heavy atom. The molecule has 1 saturated heterocycles. The number of hydrogen-bond acceptors (Lipinski definition) is 9. The Hall–Kier alpha value is -3.80. The summed E-state index contributed by atoms with van der Waals surface area (Å²) in [4.78, 5) is 24.0. The van der Waals surface area contributed by atoms with Crippen molar-refractivity contribution in [2.24, 2.45) is 0 Å². The number of nitrogens with one attached hydrogen (secondary N) is 3. The Balaban J connectivity index is 1.41. The van der Waals surface area contributed by atoms with Gasteiger partial charge in [-0.25, -0.2) is 4.98 Å². The van der Waals surface area contributed by atoms with E-state index in [4.69, 9.17) is 9.47 Å². The molecule has 3 N–H and O–H groups in total. The predicted molar refractivity (Wildman–Crippen MR) is 155 cm³/mol. The summed E-state index contributed by atoms with van der Waals surface area (Å²) in [5, 5.41) is 9.27. The van der Waals surface area contributed by atoms with Gasteiger partial charge in [-0.1, -0.05) is 12.1 Å². The van der Waals surface area contributed by atoms with E-state index in [1.807, 2.05) is 48.5 Å². The highest BCUT2D eigenvalue weighted by Crippen LogP contribution is 2.25. The van der Waals surface area contributed by atoms with E-state index >= 15 is 0 Å². The Morgan fingerprint density at radius 2 is 1.82 bits per heavy atom. The van der Waals surface area contributed by atoms with Gasteiger partial charge in [0.25, 0.3) is 0 Å². The third-order valence-electron chi connectivity index (χ3n) is 5.96. The Labute approximate surface area is 231 Å². The molecular weight excluding hydrogens is 516 g/mol. The van der Waals surface area contributed by atoms with Gasteiger partial charge in [0.05, 0.1) is 28.5 Å². The molecule has 1 atom stereocenters. The van der Waals surface area contributed by atoms with Crippen LogP contribution < -0.4 is 20.7 Å². The zero-order chi connectivity index (χ0) is 27.5. The van der Waals surface area contributed by atoms with E-state index in [-0.39, 0.29) is 5.91 Å². The van der Waals surface area contributed by atoms with Crippen LogP contribution in [0, 0.1) is 0 Å². The van der Waals surface area contributed by atoms with E-state index in [2.05, 4.69) is 30.8 Å². The molecule has 4 rings (SSSR count). The number of rotatable bonds is 13. The van der Waals surface area contributed by atoms with Crippen LogP contribution >= 0.6 is 0 Å². The maximum Gasteiger partial charge on any atom is 0.248 e. The number of nitrogens with zero attached hydrogens (tertiary/aromatic N) is 3. The molecule has 206 valence electrons. The molecule has 1 fully saturated rings. The van der Waals surface area contributed by atoms with Crippen LogP contribution in [0.1, 0.15) is 12.8 Å². The maximum absolute atomic E-state index is 12.4. The monoisotopic (exact) mass is 550 g/mol. The summed E-state index contributed by atoms with van der Waals surface area (Å²) in [6.45, 7) is 3.93. The summed E-state index contributed by atoms with van der Waals surface area (Å²) in [6, 6.07) is 14.7. The molecular formula is C28H34N6O4S. The van der Waals surface area contributed by atoms with Gasteiger partial charge in [-0.2, -0.15) is 4.98 Å². The van der Waals surface area contributed by atoms with Crippen LogP contribution in [0.4, 0.5) is 28.8 Å². The molecule has 2 aromatic carbocycles. The van der Waals surface area contributed by atoms with E-state index in [0.717, 1.165) is 31.1 Å². The minimum absolute atomic E-state index is 0.190. The molecule has 1 amide bonds. The van der Waals surface area contributed by atoms with Gasteiger partial charge in [-0.05, 0) is 68.4 Å². The topological polar surface area (TPSA) is 118 Å². The number of benzene rings is 2. The molecule has 0 spiro atoms. The number of amides is 1. The number of methoxy groups -OCH3 is 1. The molecule has 11 heteroatoms. The number of carbonyl (C=O) groups is 1. The third kappa shape index (κ3) is 8.88. The second-order valence-corrected chi connectivity index (χ2v) is 10.3. The van der Waals surface area contributed by atoms with Crippen molar-refractivity contribution in [3.8, 4) is 5.75 Å². The first kappa shape index (κ1) is 28.2. The molecule has 1 aliphatic rings. The van der Waals surface area contributed by atoms with Gasteiger partial charge in [0.2, 0.25) is 11.9 Å². The van der Waals surface area contributed by atoms with Gasteiger partial charge < -0.3 is 25.4 Å². The number of carbonyl (C=O) groups excluding carboxylic acids is 1. The molecule has 0 radical (unpaired) electrons. The van der Waals surface area contributed by atoms with E-state index in [1.165, 1.54) is 19.0 Å². The van der Waals surface area contributed by atoms with Crippen LogP contribution in [0.15, 0.2) is 71.8 Å². The number of likely N-dealkylation sites (tertiary alicyclic amines) is 1. The SMILES string of the molecule is COCCOc1ccc(Nc2ncc(S(C)=O)c(Nc3cccc(NC(=O)/C=C/CN4CCCC4)c3)n2)cc1. The third-order valence-corrected chi connectivity index (χ3v) is 6.87. The van der Waals surface area contributed by atoms with Gasteiger partial charge in [0.15, 0.2) is 5.82 Å². The summed E-state index contributed by atoms with van der Waals surface area (Å²) < 4.78 is 22.9. The lowest BCUT2D eigenvalue weighted by Gasteiger charge is -2.13. The Bertz CT molecular complexity index is 1300. The highest BCUT2D eigenvalue weighted by atomic mass is 32.2. The van der Waals surface area contributed by atoms with Gasteiger partial charge in [-0.3, -0.25) is 13.9 Å². The first-order chi connectivity index (χ1) is 19.0. The zero-order valence-electron chi connectivity index (χ0n) is 22.2. The molecule has 1 aromatic heterocycles. The zero-order valence-corrected chi connectivity index (χ0v) is 23.0. The lowest BCUT2D eigenvalue weighted by Crippen LogP contribution is -2.19. The molecule has 0 saturated carbocycles. The van der Waals surface area contributed by atoms with Gasteiger partial charge >= 0.3 is 0 Å². The average Bonchev–Trinajstić information content (AvgIpc) is 3.44. The summed E-state index contributed by atoms with van der Waals surface area (Å²) in [6.07, 6.45) is 9.00. The van der Waals surface area contributed by atoms with Gasteiger partial charge in [-0.15, -0.1) is 0 Å². The lowest BCUT2D eigenvalue weighted by atomic mass is 10.2. The molecule has 0 bridgehead atoms. The smallest absolute Gasteiger partial charge is 0.248 e. The molecule has 39 heavy (non-hydrogen) atoms. The maximum atomic E-state index is 12.4. The van der Waals surface area contributed by atoms with E-state index in [0.29, 0.717) is 41.3 Å². The van der Waals surface area contributed by atoms with Crippen molar-refractivity contribution in [3.05, 3.63) is 66.9 Å². The first-order valence-corrected chi connectivity index (χ1v) is 14.3. The summed E-state index contributed by atoms with van der Waals surface area (Å²) in [5.41, 5.74) is 2.09. The number of anilines is 5. The fourth-order valence-corrected chi connectivity index (χ4v) is 4.58. The van der Waals surface area contributed by atoms with Crippen LogP contribution in [-0.4, -0.2) is 71.2 Å². The van der Waals surface area contributed by atoms with Gasteiger partial charge in [0.1, 0.15) is 12.4 Å². The van der Waals surface area contributed by atoms with Crippen molar-refractivity contribution in [2.45, 2.75) is 17.7 Å². The molecule has 2 heterocycles. The van der Waals surface area contributed by atoms with E-state index < -0.39 is 10.8 Å². The second kappa shape index (κ2) is 14.4. The first-order valence-electron chi connectivity index (χ1n) is 12.8. The van der Waals surface area contributed by atoms with Crippen molar-refractivity contribution < 1.29 is 18.5 Å². The van der Waals surface area contributed by atoms with Crippen molar-refractivity contribution >= 4 is 45.5 Å². The minimum atomic E-state index is -1.32. The second-order valence-electron chi connectivity index (χ2n) is 8.96. The van der Waals surface area contributed by atoms with Crippen molar-refractivity contribution in [1.82, 2.24) is 14.9 Å². The number of ether oxygens (including phenoxy) is 2. The normalized spacial score (nSPS) is 14.3. The molecule has 0 aliphatic carbocycles. The average molecular weight is 551 g/mol. The number of hydrogen-bond donors (Lipinski definition) is 3. The largest absolute Gasteiger partial charge is 0.491 e. The quantitative estimate of drug-likeness (QED) is 0.211. The van der Waals surface area contributed by atoms with Crippen LogP contribution in [-0.2, 0) is 20.3 Å². The fourth-order valence-electron chi connectivity index (χ4n) is 4.01. The van der Waals surface area contributed by atoms with E-state index in [1.54, 1.807) is 25.5 Å². The number of aromatic nitrogens is 2. The van der Waals surface area contributed by atoms with Crippen LogP contribution in [0.2, 0.25) is 0 Å². The van der Waals surface area contributed by atoms with Crippen molar-refractivity contribution in [3.63, 3.8) is 0 Å². The van der Waals surface area contributed by atoms with Crippen molar-refractivity contribution in [1.29, 1.82) is 0 Å². The summed E-state index contributed by atoms with van der Waals surface area (Å²) in [7, 11) is 0.307. The minimum Gasteiger partial charge on any atom is -0.491 e. The van der Waals surface area contributed by atoms with Crippen molar-refractivity contribution in [2.75, 3.05) is 62.2 Å². The summed E-state index contributed by atoms with van der Waals surface area (Å²) >= 11 is 0. The Morgan fingerprint density at radius 1 is 1.05 bits per heavy atom. The molecule has 1 aliphatic heterocycles.